The van der Waals surface area contributed by atoms with Crippen LogP contribution in [0.15, 0.2) is 42.6 Å². The van der Waals surface area contributed by atoms with E-state index in [-0.39, 0.29) is 11.9 Å². The molecule has 0 radical (unpaired) electrons. The standard InChI is InChI=1S/C21H25N5O3/c1-28-13-12-26-19(24-18-4-3-10-22-20(18)26)15-9-11-25(14-15)21(27)23-16-5-7-17(29-2)8-6-16/h3-8,10,15H,9,11-14H2,1-2H3,(H,23,27). The molecule has 2 aromatic heterocycles. The van der Waals surface area contributed by atoms with Crippen molar-refractivity contribution in [2.24, 2.45) is 0 Å². The summed E-state index contributed by atoms with van der Waals surface area (Å²) in [7, 11) is 3.31. The van der Waals surface area contributed by atoms with Crippen LogP contribution in [-0.4, -0.2) is 59.4 Å². The van der Waals surface area contributed by atoms with Crippen LogP contribution < -0.4 is 10.1 Å². The second-order valence-electron chi connectivity index (χ2n) is 7.05. The molecular weight excluding hydrogens is 370 g/mol. The summed E-state index contributed by atoms with van der Waals surface area (Å²) in [6.07, 6.45) is 2.65. The summed E-state index contributed by atoms with van der Waals surface area (Å²) in [6, 6.07) is 11.1. The Balaban J connectivity index is 1.48. The minimum Gasteiger partial charge on any atom is -0.497 e. The number of methoxy groups -OCH3 is 2. The predicted molar refractivity (Wildman–Crippen MR) is 110 cm³/mol. The number of pyridine rings is 1. The number of imidazole rings is 1. The summed E-state index contributed by atoms with van der Waals surface area (Å²) in [5, 5.41) is 2.95. The lowest BCUT2D eigenvalue weighted by Gasteiger charge is -2.18. The number of aromatic nitrogens is 3. The predicted octanol–water partition coefficient (Wildman–Crippen LogP) is 3.11. The number of urea groups is 1. The zero-order chi connectivity index (χ0) is 20.2. The fraction of sp³-hybridized carbons (Fsp3) is 0.381. The Morgan fingerprint density at radius 1 is 1.24 bits per heavy atom. The van der Waals surface area contributed by atoms with Gasteiger partial charge in [-0.25, -0.2) is 14.8 Å². The van der Waals surface area contributed by atoms with Crippen molar-refractivity contribution < 1.29 is 14.3 Å². The molecule has 0 aliphatic carbocycles. The summed E-state index contributed by atoms with van der Waals surface area (Å²) < 4.78 is 12.5. The highest BCUT2D eigenvalue weighted by Crippen LogP contribution is 2.29. The molecule has 1 saturated heterocycles. The number of hydrogen-bond acceptors (Lipinski definition) is 5. The highest BCUT2D eigenvalue weighted by atomic mass is 16.5. The van der Waals surface area contributed by atoms with Crippen LogP contribution in [0.4, 0.5) is 10.5 Å². The number of amides is 2. The van der Waals surface area contributed by atoms with Crippen molar-refractivity contribution in [3.05, 3.63) is 48.4 Å². The van der Waals surface area contributed by atoms with Crippen LogP contribution in [0.3, 0.4) is 0 Å². The smallest absolute Gasteiger partial charge is 0.321 e. The van der Waals surface area contributed by atoms with Crippen LogP contribution in [0.25, 0.3) is 11.2 Å². The number of carbonyl (C=O) groups is 1. The van der Waals surface area contributed by atoms with E-state index in [1.165, 1.54) is 0 Å². The van der Waals surface area contributed by atoms with Crippen molar-refractivity contribution in [3.63, 3.8) is 0 Å². The first-order valence-corrected chi connectivity index (χ1v) is 9.69. The number of nitrogens with one attached hydrogen (secondary N) is 1. The van der Waals surface area contributed by atoms with E-state index in [1.807, 2.05) is 41.3 Å². The van der Waals surface area contributed by atoms with Gasteiger partial charge in [-0.05, 0) is 42.8 Å². The van der Waals surface area contributed by atoms with Gasteiger partial charge in [0, 0.05) is 44.5 Å². The Morgan fingerprint density at radius 2 is 2.07 bits per heavy atom. The van der Waals surface area contributed by atoms with E-state index in [0.29, 0.717) is 26.2 Å². The minimum absolute atomic E-state index is 0.102. The molecule has 1 fully saturated rings. The van der Waals surface area contributed by atoms with Gasteiger partial charge in [0.15, 0.2) is 5.65 Å². The summed E-state index contributed by atoms with van der Waals surface area (Å²) in [6.45, 7) is 2.59. The van der Waals surface area contributed by atoms with Crippen molar-refractivity contribution in [2.75, 3.05) is 39.2 Å². The molecular formula is C21H25N5O3. The first kappa shape index (κ1) is 19.2. The molecule has 0 bridgehead atoms. The zero-order valence-electron chi connectivity index (χ0n) is 16.7. The largest absolute Gasteiger partial charge is 0.497 e. The first-order chi connectivity index (χ1) is 14.2. The van der Waals surface area contributed by atoms with Gasteiger partial charge in [0.1, 0.15) is 17.1 Å². The van der Waals surface area contributed by atoms with Gasteiger partial charge >= 0.3 is 6.03 Å². The average molecular weight is 395 g/mol. The molecule has 3 aromatic rings. The van der Waals surface area contributed by atoms with E-state index in [1.54, 1.807) is 20.4 Å². The molecule has 3 heterocycles. The fourth-order valence-electron chi connectivity index (χ4n) is 3.72. The quantitative estimate of drug-likeness (QED) is 0.694. The van der Waals surface area contributed by atoms with Crippen molar-refractivity contribution in [1.82, 2.24) is 19.4 Å². The Kier molecular flexibility index (Phi) is 5.62. The third-order valence-electron chi connectivity index (χ3n) is 5.23. The van der Waals surface area contributed by atoms with Gasteiger partial charge in [-0.1, -0.05) is 0 Å². The highest BCUT2D eigenvalue weighted by molar-refractivity contribution is 5.89. The maximum Gasteiger partial charge on any atom is 0.321 e. The number of carbonyl (C=O) groups excluding carboxylic acids is 1. The number of anilines is 1. The molecule has 1 atom stereocenters. The van der Waals surface area contributed by atoms with E-state index in [4.69, 9.17) is 14.5 Å². The molecule has 1 aromatic carbocycles. The second-order valence-corrected chi connectivity index (χ2v) is 7.05. The topological polar surface area (TPSA) is 81.5 Å². The molecule has 2 amide bonds. The molecule has 1 unspecified atom stereocenters. The summed E-state index contributed by atoms with van der Waals surface area (Å²) in [4.78, 5) is 23.8. The number of likely N-dealkylation sites (tertiary alicyclic amines) is 1. The van der Waals surface area contributed by atoms with Gasteiger partial charge in [0.25, 0.3) is 0 Å². The third kappa shape index (κ3) is 4.02. The van der Waals surface area contributed by atoms with Crippen molar-refractivity contribution in [3.8, 4) is 5.75 Å². The lowest BCUT2D eigenvalue weighted by atomic mass is 10.1. The molecule has 8 nitrogen and oxygen atoms in total. The third-order valence-corrected chi connectivity index (χ3v) is 5.23. The molecule has 0 saturated carbocycles. The van der Waals surface area contributed by atoms with Crippen molar-refractivity contribution in [2.45, 2.75) is 18.9 Å². The lowest BCUT2D eigenvalue weighted by molar-refractivity contribution is 0.186. The molecule has 152 valence electrons. The van der Waals surface area contributed by atoms with Gasteiger partial charge in [-0.3, -0.25) is 0 Å². The first-order valence-electron chi connectivity index (χ1n) is 9.69. The zero-order valence-corrected chi connectivity index (χ0v) is 16.7. The fourth-order valence-corrected chi connectivity index (χ4v) is 3.72. The summed E-state index contributed by atoms with van der Waals surface area (Å²) in [5.41, 5.74) is 2.48. The van der Waals surface area contributed by atoms with Crippen LogP contribution in [0.2, 0.25) is 0 Å². The van der Waals surface area contributed by atoms with Crippen LogP contribution in [0.5, 0.6) is 5.75 Å². The van der Waals surface area contributed by atoms with E-state index >= 15 is 0 Å². The van der Waals surface area contributed by atoms with Crippen LogP contribution in [0, 0.1) is 0 Å². The summed E-state index contributed by atoms with van der Waals surface area (Å²) in [5.74, 6) is 1.89. The second kappa shape index (κ2) is 8.48. The normalized spacial score (nSPS) is 16.3. The van der Waals surface area contributed by atoms with Gasteiger partial charge in [-0.2, -0.15) is 0 Å². The molecule has 0 spiro atoms. The molecule has 1 N–H and O–H groups in total. The monoisotopic (exact) mass is 395 g/mol. The minimum atomic E-state index is -0.102. The van der Waals surface area contributed by atoms with Crippen molar-refractivity contribution in [1.29, 1.82) is 0 Å². The molecule has 8 heteroatoms. The number of rotatable bonds is 6. The van der Waals surface area contributed by atoms with Gasteiger partial charge in [-0.15, -0.1) is 0 Å². The number of hydrogen-bond donors (Lipinski definition) is 1. The molecule has 4 rings (SSSR count). The van der Waals surface area contributed by atoms with E-state index in [2.05, 4.69) is 14.9 Å². The van der Waals surface area contributed by atoms with Crippen LogP contribution in [0.1, 0.15) is 18.2 Å². The number of fused-ring (bicyclic) bond motifs is 1. The Hall–Kier alpha value is -3.13. The molecule has 1 aliphatic rings. The van der Waals surface area contributed by atoms with Crippen LogP contribution in [-0.2, 0) is 11.3 Å². The highest BCUT2D eigenvalue weighted by Gasteiger charge is 2.31. The molecule has 29 heavy (non-hydrogen) atoms. The van der Waals surface area contributed by atoms with Gasteiger partial charge in [0.2, 0.25) is 0 Å². The lowest BCUT2D eigenvalue weighted by Crippen LogP contribution is -2.33. The van der Waals surface area contributed by atoms with Gasteiger partial charge in [0.05, 0.1) is 13.7 Å². The Morgan fingerprint density at radius 3 is 2.83 bits per heavy atom. The van der Waals surface area contributed by atoms with E-state index in [9.17, 15) is 4.79 Å². The number of benzene rings is 1. The number of nitrogens with zero attached hydrogens (tertiary/aromatic N) is 4. The Labute approximate surface area is 169 Å². The maximum absolute atomic E-state index is 12.7. The summed E-state index contributed by atoms with van der Waals surface area (Å²) >= 11 is 0. The SMILES string of the molecule is COCCn1c(C2CCN(C(=O)Nc3ccc(OC)cc3)C2)nc2cccnc21. The maximum atomic E-state index is 12.7. The van der Waals surface area contributed by atoms with E-state index < -0.39 is 0 Å². The van der Waals surface area contributed by atoms with Crippen molar-refractivity contribution >= 4 is 22.9 Å². The molecule has 1 aliphatic heterocycles. The average Bonchev–Trinajstić information content (AvgIpc) is 3.38. The van der Waals surface area contributed by atoms with Gasteiger partial charge < -0.3 is 24.3 Å². The Bertz CT molecular complexity index is 986. The number of ether oxygens (including phenoxy) is 2. The van der Waals surface area contributed by atoms with E-state index in [0.717, 1.165) is 34.8 Å². The van der Waals surface area contributed by atoms with Crippen LogP contribution >= 0.6 is 0 Å².